The minimum atomic E-state index is -0.120. The van der Waals surface area contributed by atoms with Gasteiger partial charge in [-0.05, 0) is 12.1 Å². The van der Waals surface area contributed by atoms with Crippen LogP contribution in [0.3, 0.4) is 0 Å². The molecule has 0 aromatic heterocycles. The zero-order valence-electron chi connectivity index (χ0n) is 9.27. The minimum Gasteiger partial charge on any atom is -0.486 e. The number of nitrogens with two attached hydrogens (primary N) is 1. The fourth-order valence-corrected chi connectivity index (χ4v) is 1.52. The van der Waals surface area contributed by atoms with Gasteiger partial charge in [-0.1, -0.05) is 6.07 Å². The van der Waals surface area contributed by atoms with Crippen LogP contribution in [0, 0.1) is 0 Å². The Morgan fingerprint density at radius 2 is 2.12 bits per heavy atom. The Bertz CT molecular complexity index is 398. The molecule has 1 aromatic rings. The number of hydrogen-bond acceptors (Lipinski definition) is 4. The molecule has 1 aliphatic rings. The van der Waals surface area contributed by atoms with Gasteiger partial charge in [0.05, 0.1) is 5.69 Å². The van der Waals surface area contributed by atoms with Crippen LogP contribution in [0.5, 0.6) is 11.5 Å². The first-order valence-corrected chi connectivity index (χ1v) is 5.20. The van der Waals surface area contributed by atoms with E-state index < -0.39 is 0 Å². The van der Waals surface area contributed by atoms with Gasteiger partial charge < -0.3 is 20.5 Å². The van der Waals surface area contributed by atoms with Gasteiger partial charge in [-0.3, -0.25) is 4.79 Å². The Balaban J connectivity index is 0.00000144. The molecule has 0 unspecified atom stereocenters. The predicted octanol–water partition coefficient (Wildman–Crippen LogP) is 1.17. The Kier molecular flexibility index (Phi) is 5.06. The zero-order valence-corrected chi connectivity index (χ0v) is 10.1. The van der Waals surface area contributed by atoms with E-state index in [4.69, 9.17) is 15.2 Å². The van der Waals surface area contributed by atoms with Crippen molar-refractivity contribution >= 4 is 24.0 Å². The summed E-state index contributed by atoms with van der Waals surface area (Å²) in [5, 5.41) is 2.75. The summed E-state index contributed by atoms with van der Waals surface area (Å²) in [7, 11) is 0. The summed E-state index contributed by atoms with van der Waals surface area (Å²) in [5.74, 6) is 1.14. The largest absolute Gasteiger partial charge is 0.486 e. The van der Waals surface area contributed by atoms with Crippen molar-refractivity contribution in [2.24, 2.45) is 5.73 Å². The smallest absolute Gasteiger partial charge is 0.225 e. The van der Waals surface area contributed by atoms with Gasteiger partial charge in [-0.2, -0.15) is 0 Å². The normalized spacial score (nSPS) is 12.5. The van der Waals surface area contributed by atoms with Gasteiger partial charge >= 0.3 is 0 Å². The summed E-state index contributed by atoms with van der Waals surface area (Å²) in [4.78, 5) is 11.4. The van der Waals surface area contributed by atoms with Crippen LogP contribution in [0.2, 0.25) is 0 Å². The van der Waals surface area contributed by atoms with Crippen LogP contribution in [0.4, 0.5) is 5.69 Å². The van der Waals surface area contributed by atoms with Crippen molar-refractivity contribution in [2.45, 2.75) is 6.42 Å². The van der Waals surface area contributed by atoms with Crippen LogP contribution in [0.1, 0.15) is 6.42 Å². The van der Waals surface area contributed by atoms with E-state index in [1.807, 2.05) is 12.1 Å². The second-order valence-electron chi connectivity index (χ2n) is 3.42. The Labute approximate surface area is 106 Å². The van der Waals surface area contributed by atoms with Crippen molar-refractivity contribution in [1.29, 1.82) is 0 Å². The maximum atomic E-state index is 11.4. The number of rotatable bonds is 3. The quantitative estimate of drug-likeness (QED) is 0.854. The first-order valence-electron chi connectivity index (χ1n) is 5.20. The van der Waals surface area contributed by atoms with Gasteiger partial charge in [0.1, 0.15) is 13.2 Å². The molecule has 0 bridgehead atoms. The van der Waals surface area contributed by atoms with Crippen LogP contribution in [0.15, 0.2) is 18.2 Å². The summed E-state index contributed by atoms with van der Waals surface area (Å²) in [5.41, 5.74) is 5.94. The van der Waals surface area contributed by atoms with Crippen molar-refractivity contribution in [3.05, 3.63) is 18.2 Å². The van der Waals surface area contributed by atoms with Crippen LogP contribution in [-0.2, 0) is 4.79 Å². The van der Waals surface area contributed by atoms with Crippen molar-refractivity contribution in [2.75, 3.05) is 25.1 Å². The van der Waals surface area contributed by atoms with E-state index in [1.54, 1.807) is 6.07 Å². The van der Waals surface area contributed by atoms with E-state index in [2.05, 4.69) is 5.32 Å². The van der Waals surface area contributed by atoms with Gasteiger partial charge in [-0.25, -0.2) is 0 Å². The Morgan fingerprint density at radius 1 is 1.35 bits per heavy atom. The number of ether oxygens (including phenoxy) is 2. The van der Waals surface area contributed by atoms with Crippen molar-refractivity contribution in [3.8, 4) is 11.5 Å². The molecule has 94 valence electrons. The highest BCUT2D eigenvalue weighted by atomic mass is 35.5. The van der Waals surface area contributed by atoms with E-state index >= 15 is 0 Å². The van der Waals surface area contributed by atoms with Crippen LogP contribution in [0.25, 0.3) is 0 Å². The lowest BCUT2D eigenvalue weighted by Crippen LogP contribution is -2.20. The standard InChI is InChI=1S/C11H14N2O3.ClH/c12-5-4-10(14)13-8-2-1-3-9-11(8)16-7-6-15-9;/h1-3H,4-7,12H2,(H,13,14);1H. The number of para-hydroxylation sites is 1. The van der Waals surface area contributed by atoms with Gasteiger partial charge in [0.25, 0.3) is 0 Å². The minimum absolute atomic E-state index is 0. The third-order valence-corrected chi connectivity index (χ3v) is 2.21. The topological polar surface area (TPSA) is 73.6 Å². The molecule has 0 saturated carbocycles. The summed E-state index contributed by atoms with van der Waals surface area (Å²) >= 11 is 0. The molecule has 6 heteroatoms. The lowest BCUT2D eigenvalue weighted by atomic mass is 10.2. The molecule has 5 nitrogen and oxygen atoms in total. The number of halogens is 1. The van der Waals surface area contributed by atoms with E-state index in [9.17, 15) is 4.79 Å². The average molecular weight is 259 g/mol. The molecule has 1 heterocycles. The summed E-state index contributed by atoms with van der Waals surface area (Å²) in [6.45, 7) is 1.36. The fourth-order valence-electron chi connectivity index (χ4n) is 1.52. The van der Waals surface area contributed by atoms with Gasteiger partial charge in [-0.15, -0.1) is 12.4 Å². The van der Waals surface area contributed by atoms with Gasteiger partial charge in [0.15, 0.2) is 11.5 Å². The number of amides is 1. The number of hydrogen-bond donors (Lipinski definition) is 2. The Morgan fingerprint density at radius 3 is 2.88 bits per heavy atom. The maximum absolute atomic E-state index is 11.4. The highest BCUT2D eigenvalue weighted by Crippen LogP contribution is 2.37. The molecule has 0 radical (unpaired) electrons. The van der Waals surface area contributed by atoms with E-state index in [-0.39, 0.29) is 18.3 Å². The second-order valence-corrected chi connectivity index (χ2v) is 3.42. The van der Waals surface area contributed by atoms with Crippen molar-refractivity contribution < 1.29 is 14.3 Å². The van der Waals surface area contributed by atoms with Crippen LogP contribution >= 0.6 is 12.4 Å². The first-order chi connectivity index (χ1) is 7.81. The van der Waals surface area contributed by atoms with E-state index in [1.165, 1.54) is 0 Å². The van der Waals surface area contributed by atoms with Crippen LogP contribution in [-0.4, -0.2) is 25.7 Å². The van der Waals surface area contributed by atoms with Crippen LogP contribution < -0.4 is 20.5 Å². The molecular formula is C11H15ClN2O3. The summed E-state index contributed by atoms with van der Waals surface area (Å²) < 4.78 is 10.9. The number of carbonyl (C=O) groups is 1. The third kappa shape index (κ3) is 3.25. The molecule has 0 fully saturated rings. The summed E-state index contributed by atoms with van der Waals surface area (Å²) in [6.07, 6.45) is 0.296. The number of carbonyl (C=O) groups excluding carboxylic acids is 1. The Hall–Kier alpha value is -1.46. The first kappa shape index (κ1) is 13.6. The van der Waals surface area contributed by atoms with E-state index in [0.29, 0.717) is 43.4 Å². The number of benzene rings is 1. The molecule has 0 aliphatic carbocycles. The lowest BCUT2D eigenvalue weighted by molar-refractivity contribution is -0.116. The molecule has 0 spiro atoms. The van der Waals surface area contributed by atoms with Crippen molar-refractivity contribution in [3.63, 3.8) is 0 Å². The third-order valence-electron chi connectivity index (χ3n) is 2.21. The lowest BCUT2D eigenvalue weighted by Gasteiger charge is -2.20. The number of nitrogens with one attached hydrogen (secondary N) is 1. The monoisotopic (exact) mass is 258 g/mol. The van der Waals surface area contributed by atoms with Gasteiger partial charge in [0, 0.05) is 13.0 Å². The molecule has 3 N–H and O–H groups in total. The highest BCUT2D eigenvalue weighted by molar-refractivity contribution is 5.93. The SMILES string of the molecule is Cl.NCCC(=O)Nc1cccc2c1OCCO2. The molecule has 0 saturated heterocycles. The molecule has 1 amide bonds. The summed E-state index contributed by atoms with van der Waals surface area (Å²) in [6, 6.07) is 5.40. The zero-order chi connectivity index (χ0) is 11.4. The average Bonchev–Trinajstić information content (AvgIpc) is 2.30. The maximum Gasteiger partial charge on any atom is 0.225 e. The van der Waals surface area contributed by atoms with Gasteiger partial charge in [0.2, 0.25) is 5.91 Å². The molecule has 2 rings (SSSR count). The second kappa shape index (κ2) is 6.32. The molecule has 17 heavy (non-hydrogen) atoms. The van der Waals surface area contributed by atoms with Crippen molar-refractivity contribution in [1.82, 2.24) is 0 Å². The number of anilines is 1. The fraction of sp³-hybridized carbons (Fsp3) is 0.364. The molecule has 1 aromatic carbocycles. The molecule has 0 atom stereocenters. The molecular weight excluding hydrogens is 244 g/mol. The van der Waals surface area contributed by atoms with E-state index in [0.717, 1.165) is 0 Å². The molecule has 1 aliphatic heterocycles. The predicted molar refractivity (Wildman–Crippen MR) is 67.0 cm³/mol. The highest BCUT2D eigenvalue weighted by Gasteiger charge is 2.16. The number of fused-ring (bicyclic) bond motifs is 1.